The minimum atomic E-state index is -0.278. The third-order valence-corrected chi connectivity index (χ3v) is 7.46. The first-order valence-electron chi connectivity index (χ1n) is 12.0. The molecule has 0 radical (unpaired) electrons. The van der Waals surface area contributed by atoms with Crippen molar-refractivity contribution in [3.8, 4) is 5.75 Å². The van der Waals surface area contributed by atoms with E-state index in [1.807, 2.05) is 66.7 Å². The van der Waals surface area contributed by atoms with Crippen LogP contribution in [0.5, 0.6) is 5.75 Å². The molecule has 0 aliphatic carbocycles. The monoisotopic (exact) mass is 630 g/mol. The number of halogens is 2. The Balaban J connectivity index is 1.36. The molecular weight excluding hydrogens is 608 g/mol. The van der Waals surface area contributed by atoms with Gasteiger partial charge in [-0.05, 0) is 93.3 Å². The molecule has 5 rings (SSSR count). The van der Waals surface area contributed by atoms with Crippen molar-refractivity contribution in [2.24, 2.45) is 10.2 Å². The molecule has 0 aromatic heterocycles. The highest BCUT2D eigenvalue weighted by atomic mass is 79.9. The van der Waals surface area contributed by atoms with Crippen LogP contribution in [0, 0.1) is 0 Å². The molecule has 0 saturated heterocycles. The highest BCUT2D eigenvalue weighted by molar-refractivity contribution is 9.10. The predicted molar refractivity (Wildman–Crippen MR) is 159 cm³/mol. The van der Waals surface area contributed by atoms with Gasteiger partial charge in [-0.15, -0.1) is 0 Å². The van der Waals surface area contributed by atoms with Crippen molar-refractivity contribution < 1.29 is 9.53 Å². The van der Waals surface area contributed by atoms with Crippen LogP contribution in [0.1, 0.15) is 39.5 Å². The fourth-order valence-electron chi connectivity index (χ4n) is 4.23. The number of rotatable bonds is 7. The zero-order chi connectivity index (χ0) is 26.5. The van der Waals surface area contributed by atoms with Crippen molar-refractivity contribution in [2.75, 3.05) is 12.1 Å². The van der Waals surface area contributed by atoms with Gasteiger partial charge in [-0.3, -0.25) is 9.80 Å². The van der Waals surface area contributed by atoms with Crippen LogP contribution in [0.15, 0.2) is 116 Å². The summed E-state index contributed by atoms with van der Waals surface area (Å²) in [5.74, 6) is 0.540. The second-order valence-electron chi connectivity index (χ2n) is 8.66. The van der Waals surface area contributed by atoms with Gasteiger partial charge in [-0.25, -0.2) is 5.43 Å². The van der Waals surface area contributed by atoms with Crippen LogP contribution in [0.4, 0.5) is 5.69 Å². The second-order valence-corrected chi connectivity index (χ2v) is 10.4. The topological polar surface area (TPSA) is 66.3 Å². The number of carbonyl (C=O) groups is 1. The van der Waals surface area contributed by atoms with Crippen LogP contribution in [-0.4, -0.2) is 24.9 Å². The Kier molecular flexibility index (Phi) is 8.00. The molecule has 6 nitrogen and oxygen atoms in total. The molecule has 0 saturated carbocycles. The van der Waals surface area contributed by atoms with Crippen molar-refractivity contribution in [1.29, 1.82) is 0 Å². The summed E-state index contributed by atoms with van der Waals surface area (Å²) in [6, 6.07) is 31.6. The first kappa shape index (κ1) is 25.9. The molecule has 1 aliphatic rings. The van der Waals surface area contributed by atoms with Crippen molar-refractivity contribution >= 4 is 55.4 Å². The number of hydrazone groups is 2. The zero-order valence-corrected chi connectivity index (χ0v) is 23.7. The minimum absolute atomic E-state index is 0.0586. The van der Waals surface area contributed by atoms with E-state index in [0.29, 0.717) is 5.56 Å². The van der Waals surface area contributed by atoms with Crippen molar-refractivity contribution in [3.05, 3.63) is 128 Å². The third kappa shape index (κ3) is 5.87. The van der Waals surface area contributed by atoms with E-state index in [0.717, 1.165) is 43.6 Å². The maximum absolute atomic E-state index is 12.4. The summed E-state index contributed by atoms with van der Waals surface area (Å²) in [5, 5.41) is 11.2. The average Bonchev–Trinajstić information content (AvgIpc) is 3.39. The first-order valence-corrected chi connectivity index (χ1v) is 13.5. The lowest BCUT2D eigenvalue weighted by Crippen LogP contribution is -2.18. The van der Waals surface area contributed by atoms with E-state index in [4.69, 9.17) is 9.84 Å². The minimum Gasteiger partial charge on any atom is -0.497 e. The number of methoxy groups -OCH3 is 1. The number of nitrogens with zero attached hydrogens (tertiary/aromatic N) is 3. The molecule has 1 N–H and O–H groups in total. The average molecular weight is 632 g/mol. The summed E-state index contributed by atoms with van der Waals surface area (Å²) in [6.45, 7) is 0. The summed E-state index contributed by atoms with van der Waals surface area (Å²) in [5.41, 5.74) is 8.20. The fraction of sp³-hybridized carbons (Fsp3) is 0.100. The van der Waals surface area contributed by atoms with Gasteiger partial charge < -0.3 is 4.74 Å². The van der Waals surface area contributed by atoms with E-state index in [2.05, 4.69) is 71.7 Å². The van der Waals surface area contributed by atoms with E-state index < -0.39 is 0 Å². The molecule has 0 spiro atoms. The third-order valence-electron chi connectivity index (χ3n) is 6.24. The highest BCUT2D eigenvalue weighted by Crippen LogP contribution is 2.37. The summed E-state index contributed by atoms with van der Waals surface area (Å²) < 4.78 is 7.07. The smallest absolute Gasteiger partial charge is 0.272 e. The number of hydrogen-bond acceptors (Lipinski definition) is 5. The number of amides is 1. The number of anilines is 1. The predicted octanol–water partition coefficient (Wildman–Crippen LogP) is 7.34. The lowest BCUT2D eigenvalue weighted by atomic mass is 9.98. The van der Waals surface area contributed by atoms with Crippen LogP contribution in [0.25, 0.3) is 0 Å². The van der Waals surface area contributed by atoms with Crippen molar-refractivity contribution in [2.45, 2.75) is 12.5 Å². The van der Waals surface area contributed by atoms with E-state index in [1.54, 1.807) is 19.4 Å². The van der Waals surface area contributed by atoms with Gasteiger partial charge in [-0.2, -0.15) is 10.2 Å². The van der Waals surface area contributed by atoms with E-state index in [1.165, 1.54) is 5.56 Å². The molecule has 8 heteroatoms. The highest BCUT2D eigenvalue weighted by Gasteiger charge is 2.30. The Morgan fingerprint density at radius 2 is 1.68 bits per heavy atom. The molecule has 190 valence electrons. The summed E-state index contributed by atoms with van der Waals surface area (Å²) in [6.07, 6.45) is 2.40. The van der Waals surface area contributed by atoms with Crippen LogP contribution in [0.3, 0.4) is 0 Å². The number of ether oxygens (including phenoxy) is 1. The standard InChI is InChI=1S/C30H24Br2N4O2/c1-38-25-16-10-21(11-17-25)28-18-29(22-8-12-23(31)13-9-22)36(35-28)24-14-6-20(7-15-24)19-33-34-30(37)26-4-2-3-5-27(26)32/h2-17,19,29H,18H2,1H3,(H,34,37)/b33-19+. The van der Waals surface area contributed by atoms with Gasteiger partial charge >= 0.3 is 0 Å². The number of hydrogen-bond donors (Lipinski definition) is 1. The van der Waals surface area contributed by atoms with E-state index >= 15 is 0 Å². The Labute approximate surface area is 238 Å². The van der Waals surface area contributed by atoms with Gasteiger partial charge in [0.15, 0.2) is 0 Å². The largest absolute Gasteiger partial charge is 0.497 e. The van der Waals surface area contributed by atoms with Gasteiger partial charge in [-0.1, -0.05) is 52.3 Å². The normalized spacial score (nSPS) is 15.0. The molecule has 4 aromatic carbocycles. The van der Waals surface area contributed by atoms with Gasteiger partial charge in [0.2, 0.25) is 0 Å². The molecule has 1 heterocycles. The molecule has 1 unspecified atom stereocenters. The Morgan fingerprint density at radius 1 is 0.974 bits per heavy atom. The lowest BCUT2D eigenvalue weighted by molar-refractivity contribution is 0.0954. The van der Waals surface area contributed by atoms with E-state index in [-0.39, 0.29) is 11.9 Å². The summed E-state index contributed by atoms with van der Waals surface area (Å²) in [7, 11) is 1.66. The van der Waals surface area contributed by atoms with Crippen molar-refractivity contribution in [3.63, 3.8) is 0 Å². The Morgan fingerprint density at radius 3 is 2.37 bits per heavy atom. The maximum Gasteiger partial charge on any atom is 0.272 e. The van der Waals surface area contributed by atoms with Gasteiger partial charge in [0.25, 0.3) is 5.91 Å². The lowest BCUT2D eigenvalue weighted by Gasteiger charge is -2.24. The molecule has 0 fully saturated rings. The molecule has 38 heavy (non-hydrogen) atoms. The Hall–Kier alpha value is -3.75. The molecule has 0 bridgehead atoms. The second kappa shape index (κ2) is 11.8. The maximum atomic E-state index is 12.4. The number of benzene rings is 4. The van der Waals surface area contributed by atoms with Crippen LogP contribution in [-0.2, 0) is 0 Å². The molecule has 4 aromatic rings. The van der Waals surface area contributed by atoms with Gasteiger partial charge in [0, 0.05) is 15.4 Å². The summed E-state index contributed by atoms with van der Waals surface area (Å²) >= 11 is 6.92. The fourth-order valence-corrected chi connectivity index (χ4v) is 4.96. The SMILES string of the molecule is COc1ccc(C2=NN(c3ccc(/C=N/NC(=O)c4ccccc4Br)cc3)C(c3ccc(Br)cc3)C2)cc1. The first-order chi connectivity index (χ1) is 18.5. The van der Waals surface area contributed by atoms with Crippen LogP contribution >= 0.6 is 31.9 Å². The van der Waals surface area contributed by atoms with Gasteiger partial charge in [0.05, 0.1) is 36.3 Å². The molecule has 1 atom stereocenters. The van der Waals surface area contributed by atoms with Crippen LogP contribution in [0.2, 0.25) is 0 Å². The number of carbonyl (C=O) groups excluding carboxylic acids is 1. The van der Waals surface area contributed by atoms with Crippen molar-refractivity contribution in [1.82, 2.24) is 5.43 Å². The van der Waals surface area contributed by atoms with Crippen LogP contribution < -0.4 is 15.2 Å². The Bertz CT molecular complexity index is 1480. The molecule has 1 amide bonds. The molecule has 1 aliphatic heterocycles. The zero-order valence-electron chi connectivity index (χ0n) is 20.5. The molecular formula is C30H24Br2N4O2. The summed E-state index contributed by atoms with van der Waals surface area (Å²) in [4.78, 5) is 12.4. The quantitative estimate of drug-likeness (QED) is 0.171. The number of nitrogens with one attached hydrogen (secondary N) is 1. The van der Waals surface area contributed by atoms with E-state index in [9.17, 15) is 4.79 Å². The van der Waals surface area contributed by atoms with Gasteiger partial charge in [0.1, 0.15) is 5.75 Å².